The lowest BCUT2D eigenvalue weighted by Crippen LogP contribution is -2.39. The Bertz CT molecular complexity index is 971. The van der Waals surface area contributed by atoms with Crippen LogP contribution >= 0.6 is 11.3 Å². The van der Waals surface area contributed by atoms with Crippen LogP contribution in [0.1, 0.15) is 22.8 Å². The minimum absolute atomic E-state index is 0.134. The number of aryl methyl sites for hydroxylation is 1. The molecule has 0 aromatic carbocycles. The highest BCUT2D eigenvalue weighted by Gasteiger charge is 2.37. The van der Waals surface area contributed by atoms with Crippen LogP contribution in [0.25, 0.3) is 0 Å². The van der Waals surface area contributed by atoms with E-state index in [0.717, 1.165) is 9.44 Å². The molecule has 2 amide bonds. The predicted octanol–water partition coefficient (Wildman–Crippen LogP) is -0.0866. The van der Waals surface area contributed by atoms with Gasteiger partial charge in [-0.15, -0.1) is 11.3 Å². The lowest BCUT2D eigenvalue weighted by atomic mass is 9.99. The summed E-state index contributed by atoms with van der Waals surface area (Å²) in [4.78, 5) is 53.6. The smallest absolute Gasteiger partial charge is 0.311 e. The Hall–Kier alpha value is -2.75. The number of anilines is 2. The monoisotopic (exact) mass is 349 g/mol. The largest absolute Gasteiger partial charge is 0.332 e. The van der Waals surface area contributed by atoms with E-state index in [1.54, 1.807) is 6.20 Å². The zero-order chi connectivity index (χ0) is 17.6. The lowest BCUT2D eigenvalue weighted by Gasteiger charge is -2.10. The van der Waals surface area contributed by atoms with Crippen LogP contribution in [-0.2, 0) is 23.7 Å². The summed E-state index contributed by atoms with van der Waals surface area (Å²) in [5.41, 5.74) is -0.980. The van der Waals surface area contributed by atoms with Gasteiger partial charge in [0.15, 0.2) is 5.13 Å². The van der Waals surface area contributed by atoms with Gasteiger partial charge in [0.05, 0.1) is 11.5 Å². The molecular weight excluding hydrogens is 334 g/mol. The van der Waals surface area contributed by atoms with Crippen LogP contribution in [0.5, 0.6) is 0 Å². The first kappa shape index (κ1) is 16.1. The highest BCUT2D eigenvalue weighted by atomic mass is 32.1. The molecule has 9 nitrogen and oxygen atoms in total. The number of carbonyl (C=O) groups excluding carboxylic acids is 2. The second kappa shape index (κ2) is 5.71. The topological polar surface area (TPSA) is 115 Å². The quantitative estimate of drug-likeness (QED) is 0.804. The molecule has 0 spiro atoms. The first-order chi connectivity index (χ1) is 11.3. The third-order valence-electron chi connectivity index (χ3n) is 3.86. The summed E-state index contributed by atoms with van der Waals surface area (Å²) in [5, 5.41) is 5.56. The molecule has 3 heterocycles. The first-order valence-corrected chi connectivity index (χ1v) is 7.94. The first-order valence-electron chi connectivity index (χ1n) is 7.12. The average molecular weight is 349 g/mol. The molecule has 0 saturated heterocycles. The van der Waals surface area contributed by atoms with E-state index < -0.39 is 29.0 Å². The zero-order valence-corrected chi connectivity index (χ0v) is 14.1. The van der Waals surface area contributed by atoms with Gasteiger partial charge in [0.1, 0.15) is 5.82 Å². The van der Waals surface area contributed by atoms with E-state index >= 15 is 0 Å². The predicted molar refractivity (Wildman–Crippen MR) is 88.4 cm³/mol. The summed E-state index contributed by atoms with van der Waals surface area (Å²) in [6.45, 7) is 1.86. The number of nitrogens with one attached hydrogen (secondary N) is 2. The van der Waals surface area contributed by atoms with E-state index in [0.29, 0.717) is 5.13 Å². The van der Waals surface area contributed by atoms with E-state index in [1.165, 1.54) is 30.0 Å². The number of aromatic nitrogens is 3. The molecule has 2 aromatic rings. The van der Waals surface area contributed by atoms with Gasteiger partial charge in [-0.05, 0) is 6.92 Å². The fraction of sp³-hybridized carbons (Fsp3) is 0.357. The highest BCUT2D eigenvalue weighted by Crippen LogP contribution is 2.31. The van der Waals surface area contributed by atoms with Gasteiger partial charge < -0.3 is 10.6 Å². The normalized spacial score (nSPS) is 16.0. The van der Waals surface area contributed by atoms with Crippen LogP contribution in [-0.4, -0.2) is 25.9 Å². The van der Waals surface area contributed by atoms with Gasteiger partial charge in [0.25, 0.3) is 5.56 Å². The maximum Gasteiger partial charge on any atom is 0.332 e. The maximum absolute atomic E-state index is 12.3. The fourth-order valence-electron chi connectivity index (χ4n) is 2.63. The van der Waals surface area contributed by atoms with Crippen molar-refractivity contribution in [2.45, 2.75) is 19.3 Å². The third-order valence-corrected chi connectivity index (χ3v) is 4.69. The van der Waals surface area contributed by atoms with Crippen LogP contribution < -0.4 is 21.9 Å². The second-order valence-corrected chi connectivity index (χ2v) is 6.77. The van der Waals surface area contributed by atoms with Gasteiger partial charge in [0.2, 0.25) is 11.8 Å². The van der Waals surface area contributed by atoms with Gasteiger partial charge in [-0.25, -0.2) is 9.78 Å². The molecule has 0 bridgehead atoms. The van der Waals surface area contributed by atoms with Crippen molar-refractivity contribution in [2.75, 3.05) is 10.6 Å². The second-order valence-electron chi connectivity index (χ2n) is 5.54. The molecule has 3 rings (SSSR count). The van der Waals surface area contributed by atoms with Crippen molar-refractivity contribution in [3.63, 3.8) is 0 Å². The summed E-state index contributed by atoms with van der Waals surface area (Å²) in [5.74, 6) is -1.69. The van der Waals surface area contributed by atoms with Crippen molar-refractivity contribution < 1.29 is 9.59 Å². The minimum Gasteiger partial charge on any atom is -0.311 e. The molecule has 126 valence electrons. The summed E-state index contributed by atoms with van der Waals surface area (Å²) in [6, 6.07) is 0. The van der Waals surface area contributed by atoms with Crippen molar-refractivity contribution in [1.82, 2.24) is 14.1 Å². The lowest BCUT2D eigenvalue weighted by molar-refractivity contribution is -0.122. The number of hydrogen-bond donors (Lipinski definition) is 2. The molecule has 1 aliphatic heterocycles. The van der Waals surface area contributed by atoms with E-state index in [-0.39, 0.29) is 17.8 Å². The van der Waals surface area contributed by atoms with Gasteiger partial charge in [-0.1, -0.05) is 0 Å². The molecular formula is C14H15N5O4S. The van der Waals surface area contributed by atoms with E-state index in [2.05, 4.69) is 15.6 Å². The van der Waals surface area contributed by atoms with Crippen molar-refractivity contribution in [1.29, 1.82) is 0 Å². The number of carbonyl (C=O) groups is 2. The Morgan fingerprint density at radius 1 is 1.33 bits per heavy atom. The molecule has 1 atom stereocenters. The van der Waals surface area contributed by atoms with Crippen molar-refractivity contribution in [2.24, 2.45) is 14.1 Å². The third kappa shape index (κ3) is 2.54. The molecule has 10 heteroatoms. The van der Waals surface area contributed by atoms with E-state index in [1.807, 2.05) is 6.92 Å². The Labute approximate surface area is 140 Å². The summed E-state index contributed by atoms with van der Waals surface area (Å²) < 4.78 is 2.12. The SMILES string of the molecule is Cc1cnc(NC(=O)C[C@@H]2C(=O)Nc3c2c(=O)n(C)c(=O)n3C)s1. The maximum atomic E-state index is 12.3. The summed E-state index contributed by atoms with van der Waals surface area (Å²) >= 11 is 1.32. The Morgan fingerprint density at radius 3 is 2.67 bits per heavy atom. The molecule has 24 heavy (non-hydrogen) atoms. The van der Waals surface area contributed by atoms with Gasteiger partial charge in [0, 0.05) is 31.6 Å². The van der Waals surface area contributed by atoms with Gasteiger partial charge in [-0.2, -0.15) is 0 Å². The summed E-state index contributed by atoms with van der Waals surface area (Å²) in [7, 11) is 2.80. The minimum atomic E-state index is -0.938. The van der Waals surface area contributed by atoms with Gasteiger partial charge >= 0.3 is 5.69 Å². The molecule has 0 saturated carbocycles. The van der Waals surface area contributed by atoms with Crippen LogP contribution in [0.4, 0.5) is 10.9 Å². The van der Waals surface area contributed by atoms with E-state index in [9.17, 15) is 19.2 Å². The molecule has 0 radical (unpaired) electrons. The number of hydrogen-bond acceptors (Lipinski definition) is 6. The highest BCUT2D eigenvalue weighted by molar-refractivity contribution is 7.15. The van der Waals surface area contributed by atoms with E-state index in [4.69, 9.17) is 0 Å². The van der Waals surface area contributed by atoms with Crippen LogP contribution in [0, 0.1) is 6.92 Å². The van der Waals surface area contributed by atoms with Crippen molar-refractivity contribution in [3.8, 4) is 0 Å². The zero-order valence-electron chi connectivity index (χ0n) is 13.2. The average Bonchev–Trinajstić information content (AvgIpc) is 3.07. The molecule has 2 N–H and O–H groups in total. The Morgan fingerprint density at radius 2 is 2.04 bits per heavy atom. The number of rotatable bonds is 3. The van der Waals surface area contributed by atoms with Crippen molar-refractivity contribution in [3.05, 3.63) is 37.5 Å². The van der Waals surface area contributed by atoms with Crippen LogP contribution in [0.2, 0.25) is 0 Å². The standard InChI is InChI=1S/C14H15N5O4S/c1-6-5-15-13(24-6)16-8(20)4-7-9-10(17-11(7)21)18(2)14(23)19(3)12(9)22/h5,7H,4H2,1-3H3,(H,17,21)(H,15,16,20)/t7-/m0/s1. The summed E-state index contributed by atoms with van der Waals surface area (Å²) in [6.07, 6.45) is 1.42. The van der Waals surface area contributed by atoms with Crippen LogP contribution in [0.3, 0.4) is 0 Å². The van der Waals surface area contributed by atoms with Crippen molar-refractivity contribution >= 4 is 34.1 Å². The molecule has 0 unspecified atom stereocenters. The number of nitrogens with zero attached hydrogens (tertiary/aromatic N) is 3. The number of fused-ring (bicyclic) bond motifs is 1. The Kier molecular flexibility index (Phi) is 3.84. The fourth-order valence-corrected chi connectivity index (χ4v) is 3.31. The molecule has 2 aromatic heterocycles. The van der Waals surface area contributed by atoms with Gasteiger partial charge in [-0.3, -0.25) is 23.5 Å². The molecule has 1 aliphatic rings. The molecule has 0 fully saturated rings. The molecule has 0 aliphatic carbocycles. The number of thiazole rings is 1. The van der Waals surface area contributed by atoms with Crippen LogP contribution in [0.15, 0.2) is 15.8 Å². The number of amides is 2. The Balaban J connectivity index is 1.91.